The van der Waals surface area contributed by atoms with Gasteiger partial charge in [-0.25, -0.2) is 4.39 Å². The minimum absolute atomic E-state index is 0.0392. The zero-order valence-electron chi connectivity index (χ0n) is 15.7. The number of methoxy groups -OCH3 is 1. The van der Waals surface area contributed by atoms with E-state index in [4.69, 9.17) is 9.47 Å². The number of ether oxygens (including phenoxy) is 2. The molecule has 2 rings (SSSR count). The summed E-state index contributed by atoms with van der Waals surface area (Å²) in [5, 5.41) is 12.4. The molecule has 0 radical (unpaired) electrons. The summed E-state index contributed by atoms with van der Waals surface area (Å²) in [6, 6.07) is 3.68. The van der Waals surface area contributed by atoms with Gasteiger partial charge in [-0.15, -0.1) is 0 Å². The van der Waals surface area contributed by atoms with Crippen LogP contribution in [0.4, 0.5) is 4.39 Å². The Kier molecular flexibility index (Phi) is 8.67. The van der Waals surface area contributed by atoms with Gasteiger partial charge in [-0.2, -0.15) is 0 Å². The summed E-state index contributed by atoms with van der Waals surface area (Å²) < 4.78 is 24.2. The summed E-state index contributed by atoms with van der Waals surface area (Å²) in [6.07, 6.45) is 4.99. The van der Waals surface area contributed by atoms with Crippen LogP contribution in [0.25, 0.3) is 0 Å². The third kappa shape index (κ3) is 6.59. The number of carboxylic acids is 1. The summed E-state index contributed by atoms with van der Waals surface area (Å²) in [6.45, 7) is 0.770. The Morgan fingerprint density at radius 3 is 2.63 bits per heavy atom. The average Bonchev–Trinajstić information content (AvgIpc) is 2.62. The Morgan fingerprint density at radius 1 is 1.19 bits per heavy atom. The van der Waals surface area contributed by atoms with Gasteiger partial charge >= 0.3 is 5.97 Å². The zero-order valence-corrected chi connectivity index (χ0v) is 15.7. The maximum absolute atomic E-state index is 13.9. The highest BCUT2D eigenvalue weighted by atomic mass is 19.1. The van der Waals surface area contributed by atoms with E-state index in [1.165, 1.54) is 18.2 Å². The highest BCUT2D eigenvalue weighted by Gasteiger charge is 2.30. The molecule has 1 aliphatic rings. The van der Waals surface area contributed by atoms with Gasteiger partial charge in [0, 0.05) is 24.3 Å². The molecule has 0 heterocycles. The number of nitrogens with one attached hydrogen (secondary N) is 1. The van der Waals surface area contributed by atoms with Gasteiger partial charge in [0.25, 0.3) is 5.91 Å². The number of benzene rings is 1. The number of rotatable bonds is 8. The van der Waals surface area contributed by atoms with E-state index in [9.17, 15) is 19.1 Å². The molecule has 7 heteroatoms. The van der Waals surface area contributed by atoms with Crippen LogP contribution >= 0.6 is 0 Å². The molecule has 6 nitrogen and oxygen atoms in total. The van der Waals surface area contributed by atoms with Crippen LogP contribution in [0, 0.1) is 11.7 Å². The first-order chi connectivity index (χ1) is 13.0. The molecule has 0 spiro atoms. The second-order valence-electron chi connectivity index (χ2n) is 6.87. The van der Waals surface area contributed by atoms with Crippen molar-refractivity contribution in [2.45, 2.75) is 51.2 Å². The van der Waals surface area contributed by atoms with Crippen LogP contribution in [0.5, 0.6) is 0 Å². The SMILES string of the molecule is COCCOCc1cc(C(=O)NC2CCCCCCC2C(=O)O)ccc1F. The Labute approximate surface area is 159 Å². The lowest BCUT2D eigenvalue weighted by Gasteiger charge is -2.27. The molecule has 2 atom stereocenters. The molecule has 0 aliphatic heterocycles. The maximum atomic E-state index is 13.9. The van der Waals surface area contributed by atoms with Crippen molar-refractivity contribution < 1.29 is 28.6 Å². The highest BCUT2D eigenvalue weighted by Crippen LogP contribution is 2.24. The van der Waals surface area contributed by atoms with E-state index >= 15 is 0 Å². The monoisotopic (exact) mass is 381 g/mol. The molecule has 150 valence electrons. The molecule has 1 aromatic carbocycles. The summed E-state index contributed by atoms with van der Waals surface area (Å²) in [4.78, 5) is 24.2. The number of carbonyl (C=O) groups is 2. The van der Waals surface area contributed by atoms with E-state index in [0.29, 0.717) is 31.6 Å². The molecule has 1 aliphatic carbocycles. The van der Waals surface area contributed by atoms with Crippen LogP contribution in [-0.2, 0) is 20.9 Å². The van der Waals surface area contributed by atoms with Crippen LogP contribution < -0.4 is 5.32 Å². The van der Waals surface area contributed by atoms with Gasteiger partial charge in [-0.3, -0.25) is 9.59 Å². The predicted molar refractivity (Wildman–Crippen MR) is 98.0 cm³/mol. The normalized spacial score (nSPS) is 20.5. The third-order valence-electron chi connectivity index (χ3n) is 4.90. The number of halogens is 1. The number of hydrogen-bond acceptors (Lipinski definition) is 4. The smallest absolute Gasteiger partial charge is 0.308 e. The molecule has 0 bridgehead atoms. The van der Waals surface area contributed by atoms with Crippen molar-refractivity contribution >= 4 is 11.9 Å². The number of carbonyl (C=O) groups excluding carboxylic acids is 1. The predicted octanol–water partition coefficient (Wildman–Crippen LogP) is 3.14. The van der Waals surface area contributed by atoms with Crippen molar-refractivity contribution in [3.05, 3.63) is 35.1 Å². The lowest BCUT2D eigenvalue weighted by molar-refractivity contribution is -0.143. The van der Waals surface area contributed by atoms with Gasteiger partial charge in [0.15, 0.2) is 0 Å². The summed E-state index contributed by atoms with van der Waals surface area (Å²) in [7, 11) is 1.55. The fourth-order valence-electron chi connectivity index (χ4n) is 3.36. The van der Waals surface area contributed by atoms with Crippen molar-refractivity contribution in [1.29, 1.82) is 0 Å². The maximum Gasteiger partial charge on any atom is 0.308 e. The highest BCUT2D eigenvalue weighted by molar-refractivity contribution is 5.94. The Bertz CT molecular complexity index is 637. The van der Waals surface area contributed by atoms with E-state index < -0.39 is 23.7 Å². The topological polar surface area (TPSA) is 84.9 Å². The van der Waals surface area contributed by atoms with Crippen LogP contribution in [0.3, 0.4) is 0 Å². The molecule has 1 aromatic rings. The van der Waals surface area contributed by atoms with Crippen molar-refractivity contribution in [3.63, 3.8) is 0 Å². The van der Waals surface area contributed by atoms with Crippen LogP contribution in [0.1, 0.15) is 54.4 Å². The van der Waals surface area contributed by atoms with Crippen molar-refractivity contribution in [3.8, 4) is 0 Å². The van der Waals surface area contributed by atoms with Crippen molar-refractivity contribution in [1.82, 2.24) is 5.32 Å². The minimum atomic E-state index is -0.881. The molecule has 2 N–H and O–H groups in total. The molecular weight excluding hydrogens is 353 g/mol. The average molecular weight is 381 g/mol. The van der Waals surface area contributed by atoms with Crippen LogP contribution in [0.2, 0.25) is 0 Å². The molecular formula is C20H28FNO5. The fourth-order valence-corrected chi connectivity index (χ4v) is 3.36. The van der Waals surface area contributed by atoms with E-state index in [1.54, 1.807) is 7.11 Å². The van der Waals surface area contributed by atoms with Gasteiger partial charge in [-0.05, 0) is 31.0 Å². The second-order valence-corrected chi connectivity index (χ2v) is 6.87. The first-order valence-electron chi connectivity index (χ1n) is 9.41. The van der Waals surface area contributed by atoms with Crippen molar-refractivity contribution in [2.75, 3.05) is 20.3 Å². The zero-order chi connectivity index (χ0) is 19.6. The van der Waals surface area contributed by atoms with Crippen LogP contribution in [0.15, 0.2) is 18.2 Å². The number of carboxylic acid groups (broad SMARTS) is 1. The van der Waals surface area contributed by atoms with Gasteiger partial charge in [0.2, 0.25) is 0 Å². The molecule has 2 unspecified atom stereocenters. The summed E-state index contributed by atoms with van der Waals surface area (Å²) >= 11 is 0. The molecule has 27 heavy (non-hydrogen) atoms. The second kappa shape index (κ2) is 11.0. The third-order valence-corrected chi connectivity index (χ3v) is 4.90. The summed E-state index contributed by atoms with van der Waals surface area (Å²) in [5.41, 5.74) is 0.583. The molecule has 0 aromatic heterocycles. The Morgan fingerprint density at radius 2 is 1.93 bits per heavy atom. The molecule has 1 amide bonds. The van der Waals surface area contributed by atoms with Crippen LogP contribution in [-0.4, -0.2) is 43.3 Å². The van der Waals surface area contributed by atoms with Gasteiger partial charge in [0.1, 0.15) is 5.82 Å². The van der Waals surface area contributed by atoms with E-state index in [0.717, 1.165) is 25.7 Å². The lowest BCUT2D eigenvalue weighted by Crippen LogP contribution is -2.44. The lowest BCUT2D eigenvalue weighted by atomic mass is 9.86. The van der Waals surface area contributed by atoms with E-state index in [1.807, 2.05) is 0 Å². The van der Waals surface area contributed by atoms with Gasteiger partial charge < -0.3 is 19.9 Å². The fraction of sp³-hybridized carbons (Fsp3) is 0.600. The largest absolute Gasteiger partial charge is 0.481 e. The van der Waals surface area contributed by atoms with Crippen molar-refractivity contribution in [2.24, 2.45) is 5.92 Å². The standard InChI is InChI=1S/C20H28FNO5/c1-26-10-11-27-13-15-12-14(8-9-17(15)21)19(23)22-18-7-5-3-2-4-6-16(18)20(24)25/h8-9,12,16,18H,2-7,10-11,13H2,1H3,(H,22,23)(H,24,25). The van der Waals surface area contributed by atoms with E-state index in [2.05, 4.69) is 5.32 Å². The Balaban J connectivity index is 2.05. The van der Waals surface area contributed by atoms with E-state index in [-0.39, 0.29) is 18.1 Å². The van der Waals surface area contributed by atoms with Gasteiger partial charge in [-0.1, -0.05) is 25.7 Å². The van der Waals surface area contributed by atoms with Gasteiger partial charge in [0.05, 0.1) is 25.7 Å². The number of amides is 1. The number of hydrogen-bond donors (Lipinski definition) is 2. The Hall–Kier alpha value is -1.99. The quantitative estimate of drug-likeness (QED) is 0.676. The first kappa shape index (κ1) is 21.3. The minimum Gasteiger partial charge on any atom is -0.481 e. The molecule has 0 saturated heterocycles. The number of aliphatic carboxylic acids is 1. The molecule has 1 fully saturated rings. The first-order valence-corrected chi connectivity index (χ1v) is 9.41. The molecule has 1 saturated carbocycles. The summed E-state index contributed by atoms with van der Waals surface area (Å²) in [5.74, 6) is -2.30.